The lowest BCUT2D eigenvalue weighted by atomic mass is 10.0. The van der Waals surface area contributed by atoms with Crippen molar-refractivity contribution in [3.63, 3.8) is 0 Å². The molecule has 0 N–H and O–H groups in total. The summed E-state index contributed by atoms with van der Waals surface area (Å²) in [4.78, 5) is 25.4. The predicted octanol–water partition coefficient (Wildman–Crippen LogP) is 3.09. The molecule has 20 heavy (non-hydrogen) atoms. The minimum Gasteiger partial charge on any atom is -0.343 e. The molecule has 3 heteroatoms. The molecule has 0 unspecified atom stereocenters. The molecule has 0 heterocycles. The van der Waals surface area contributed by atoms with Gasteiger partial charge in [0.25, 0.3) is 0 Å². The maximum Gasteiger partial charge on any atom is 0.229 e. The third kappa shape index (κ3) is 5.00. The standard InChI is InChI=1S/C17H23NO2/c1-4-14-8-7-9-15(12-14)10-11-16(19)13-17(20)18(5-2)6-3/h4,7-9,12H,1,5-6,10-11,13H2,2-3H3. The largest absolute Gasteiger partial charge is 0.343 e. The third-order valence-electron chi connectivity index (χ3n) is 3.34. The first kappa shape index (κ1) is 16.2. The van der Waals surface area contributed by atoms with E-state index in [4.69, 9.17) is 0 Å². The molecule has 0 aliphatic rings. The fourth-order valence-corrected chi connectivity index (χ4v) is 2.10. The van der Waals surface area contributed by atoms with E-state index >= 15 is 0 Å². The van der Waals surface area contributed by atoms with Gasteiger partial charge >= 0.3 is 0 Å². The number of ketones is 1. The molecule has 0 saturated heterocycles. The van der Waals surface area contributed by atoms with E-state index < -0.39 is 0 Å². The van der Waals surface area contributed by atoms with E-state index in [1.807, 2.05) is 38.1 Å². The average Bonchev–Trinajstić information content (AvgIpc) is 2.46. The lowest BCUT2D eigenvalue weighted by Gasteiger charge is -2.17. The summed E-state index contributed by atoms with van der Waals surface area (Å²) in [5.41, 5.74) is 2.15. The van der Waals surface area contributed by atoms with Gasteiger partial charge in [-0.3, -0.25) is 9.59 Å². The number of benzene rings is 1. The zero-order chi connectivity index (χ0) is 15.0. The first-order chi connectivity index (χ1) is 9.60. The molecule has 0 fully saturated rings. The van der Waals surface area contributed by atoms with Crippen molar-refractivity contribution in [3.8, 4) is 0 Å². The molecule has 1 aromatic carbocycles. The molecule has 0 aliphatic carbocycles. The summed E-state index contributed by atoms with van der Waals surface area (Å²) in [6.07, 6.45) is 2.89. The van der Waals surface area contributed by atoms with Crippen molar-refractivity contribution in [2.45, 2.75) is 33.1 Å². The highest BCUT2D eigenvalue weighted by molar-refractivity contribution is 5.98. The van der Waals surface area contributed by atoms with Crippen molar-refractivity contribution in [2.75, 3.05) is 13.1 Å². The lowest BCUT2D eigenvalue weighted by molar-refractivity contribution is -0.135. The SMILES string of the molecule is C=Cc1cccc(CCC(=O)CC(=O)N(CC)CC)c1. The zero-order valence-corrected chi connectivity index (χ0v) is 12.4. The fourth-order valence-electron chi connectivity index (χ4n) is 2.10. The summed E-state index contributed by atoms with van der Waals surface area (Å²) in [6, 6.07) is 7.94. The van der Waals surface area contributed by atoms with Crippen molar-refractivity contribution in [1.29, 1.82) is 0 Å². The molecule has 0 spiro atoms. The Morgan fingerprint density at radius 2 is 1.95 bits per heavy atom. The van der Waals surface area contributed by atoms with Crippen molar-refractivity contribution < 1.29 is 9.59 Å². The quantitative estimate of drug-likeness (QED) is 0.683. The van der Waals surface area contributed by atoms with E-state index in [1.165, 1.54) is 0 Å². The number of hydrogen-bond acceptors (Lipinski definition) is 2. The number of hydrogen-bond donors (Lipinski definition) is 0. The van der Waals surface area contributed by atoms with Crippen LogP contribution in [0.4, 0.5) is 0 Å². The predicted molar refractivity (Wildman–Crippen MR) is 82.4 cm³/mol. The van der Waals surface area contributed by atoms with Crippen LogP contribution >= 0.6 is 0 Å². The highest BCUT2D eigenvalue weighted by Crippen LogP contribution is 2.10. The van der Waals surface area contributed by atoms with Crippen LogP contribution in [0.25, 0.3) is 6.08 Å². The van der Waals surface area contributed by atoms with E-state index in [2.05, 4.69) is 6.58 Å². The number of amides is 1. The van der Waals surface area contributed by atoms with Crippen molar-refractivity contribution >= 4 is 17.8 Å². The molecule has 0 aliphatic heterocycles. The molecule has 0 atom stereocenters. The van der Waals surface area contributed by atoms with E-state index in [9.17, 15) is 9.59 Å². The van der Waals surface area contributed by atoms with Gasteiger partial charge in [0.1, 0.15) is 5.78 Å². The Kier molecular flexibility index (Phi) is 6.71. The molecule has 1 amide bonds. The molecular weight excluding hydrogens is 250 g/mol. The number of Topliss-reactive ketones (excluding diaryl/α,β-unsaturated/α-hetero) is 1. The molecule has 3 nitrogen and oxygen atoms in total. The summed E-state index contributed by atoms with van der Waals surface area (Å²) < 4.78 is 0. The third-order valence-corrected chi connectivity index (χ3v) is 3.34. The Morgan fingerprint density at radius 1 is 1.25 bits per heavy atom. The van der Waals surface area contributed by atoms with E-state index in [0.29, 0.717) is 25.9 Å². The smallest absolute Gasteiger partial charge is 0.229 e. The monoisotopic (exact) mass is 273 g/mol. The van der Waals surface area contributed by atoms with Crippen LogP contribution in [0.3, 0.4) is 0 Å². The molecular formula is C17H23NO2. The molecule has 1 aromatic rings. The van der Waals surface area contributed by atoms with Crippen LogP contribution in [0.5, 0.6) is 0 Å². The van der Waals surface area contributed by atoms with Crippen LogP contribution in [0, 0.1) is 0 Å². The summed E-state index contributed by atoms with van der Waals surface area (Å²) >= 11 is 0. The number of carbonyl (C=O) groups is 2. The van der Waals surface area contributed by atoms with Crippen LogP contribution in [0.1, 0.15) is 37.8 Å². The molecule has 0 bridgehead atoms. The molecule has 0 radical (unpaired) electrons. The van der Waals surface area contributed by atoms with Crippen molar-refractivity contribution in [3.05, 3.63) is 42.0 Å². The maximum absolute atomic E-state index is 11.8. The van der Waals surface area contributed by atoms with Crippen LogP contribution in [-0.4, -0.2) is 29.7 Å². The number of nitrogens with zero attached hydrogens (tertiary/aromatic N) is 1. The summed E-state index contributed by atoms with van der Waals surface area (Å²) in [5.74, 6) is -0.0641. The van der Waals surface area contributed by atoms with Crippen LogP contribution in [0.15, 0.2) is 30.8 Å². The van der Waals surface area contributed by atoms with Gasteiger partial charge in [0.15, 0.2) is 0 Å². The topological polar surface area (TPSA) is 37.4 Å². The number of rotatable bonds is 8. The maximum atomic E-state index is 11.8. The minimum absolute atomic E-state index is 0.00547. The minimum atomic E-state index is -0.0696. The van der Waals surface area contributed by atoms with E-state index in [0.717, 1.165) is 11.1 Å². The average molecular weight is 273 g/mol. The van der Waals surface area contributed by atoms with Gasteiger partial charge in [-0.1, -0.05) is 36.9 Å². The van der Waals surface area contributed by atoms with Gasteiger partial charge < -0.3 is 4.90 Å². The second-order valence-electron chi connectivity index (χ2n) is 4.73. The highest BCUT2D eigenvalue weighted by Gasteiger charge is 2.14. The Bertz CT molecular complexity index is 476. The first-order valence-electron chi connectivity index (χ1n) is 7.11. The highest BCUT2D eigenvalue weighted by atomic mass is 16.2. The molecule has 0 aromatic heterocycles. The van der Waals surface area contributed by atoms with E-state index in [-0.39, 0.29) is 18.1 Å². The van der Waals surface area contributed by atoms with Crippen LogP contribution < -0.4 is 0 Å². The molecule has 1 rings (SSSR count). The summed E-state index contributed by atoms with van der Waals surface area (Å²) in [5, 5.41) is 0. The zero-order valence-electron chi connectivity index (χ0n) is 12.4. The van der Waals surface area contributed by atoms with Crippen molar-refractivity contribution in [1.82, 2.24) is 4.90 Å². The number of aryl methyl sites for hydroxylation is 1. The van der Waals surface area contributed by atoms with Crippen molar-refractivity contribution in [2.24, 2.45) is 0 Å². The van der Waals surface area contributed by atoms with Crippen LogP contribution in [-0.2, 0) is 16.0 Å². The lowest BCUT2D eigenvalue weighted by Crippen LogP contribution is -2.32. The molecule has 108 valence electrons. The van der Waals surface area contributed by atoms with E-state index in [1.54, 1.807) is 11.0 Å². The van der Waals surface area contributed by atoms with Gasteiger partial charge in [-0.05, 0) is 31.4 Å². The van der Waals surface area contributed by atoms with Gasteiger partial charge in [-0.25, -0.2) is 0 Å². The second-order valence-corrected chi connectivity index (χ2v) is 4.73. The second kappa shape index (κ2) is 8.31. The van der Waals surface area contributed by atoms with Gasteiger partial charge in [-0.2, -0.15) is 0 Å². The van der Waals surface area contributed by atoms with Gasteiger partial charge in [-0.15, -0.1) is 0 Å². The first-order valence-corrected chi connectivity index (χ1v) is 7.11. The molecule has 0 saturated carbocycles. The Labute approximate surface area is 121 Å². The fraction of sp³-hybridized carbons (Fsp3) is 0.412. The summed E-state index contributed by atoms with van der Waals surface area (Å²) in [6.45, 7) is 8.89. The number of carbonyl (C=O) groups excluding carboxylic acids is 2. The normalized spacial score (nSPS) is 10.1. The Balaban J connectivity index is 2.46. The Hall–Kier alpha value is -1.90. The Morgan fingerprint density at radius 3 is 2.55 bits per heavy atom. The van der Waals surface area contributed by atoms with Crippen LogP contribution in [0.2, 0.25) is 0 Å². The summed E-state index contributed by atoms with van der Waals surface area (Å²) in [7, 11) is 0. The van der Waals surface area contributed by atoms with Gasteiger partial charge in [0.05, 0.1) is 6.42 Å². The van der Waals surface area contributed by atoms with Gasteiger partial charge in [0, 0.05) is 19.5 Å². The van der Waals surface area contributed by atoms with Gasteiger partial charge in [0.2, 0.25) is 5.91 Å².